The lowest BCUT2D eigenvalue weighted by molar-refractivity contribution is -0.140. The molecule has 0 unspecified atom stereocenters. The number of carbonyl (C=O) groups excluding carboxylic acids is 2. The molecule has 164 valence electrons. The highest BCUT2D eigenvalue weighted by Crippen LogP contribution is 2.10. The summed E-state index contributed by atoms with van der Waals surface area (Å²) in [5, 5.41) is 0. The van der Waals surface area contributed by atoms with Crippen LogP contribution in [0.1, 0.15) is 110 Å². The van der Waals surface area contributed by atoms with Crippen molar-refractivity contribution in [1.82, 2.24) is 4.90 Å². The number of esters is 1. The van der Waals surface area contributed by atoms with E-state index in [9.17, 15) is 9.59 Å². The van der Waals surface area contributed by atoms with Crippen LogP contribution in [0.25, 0.3) is 0 Å². The average molecular weight is 396 g/mol. The van der Waals surface area contributed by atoms with Crippen molar-refractivity contribution in [2.45, 2.75) is 110 Å². The average Bonchev–Trinajstić information content (AvgIpc) is 3.07. The monoisotopic (exact) mass is 395 g/mol. The summed E-state index contributed by atoms with van der Waals surface area (Å²) >= 11 is 0. The number of nitrogens with zero attached hydrogens (tertiary/aromatic N) is 1. The molecule has 1 aliphatic heterocycles. The Bertz CT molecular complexity index is 407. The Labute approximate surface area is 174 Å². The van der Waals surface area contributed by atoms with E-state index >= 15 is 0 Å². The number of allylic oxidation sites excluding steroid dienone is 2. The Morgan fingerprint density at radius 3 is 1.89 bits per heavy atom. The van der Waals surface area contributed by atoms with Gasteiger partial charge in [0, 0.05) is 26.4 Å². The Morgan fingerprint density at radius 2 is 1.46 bits per heavy atom. The Hall–Kier alpha value is -1.32. The number of likely N-dealkylation sites (tertiary alicyclic amines) is 1. The molecule has 0 aliphatic carbocycles. The minimum Gasteiger partial charge on any atom is -0.469 e. The maximum atomic E-state index is 10.9. The Morgan fingerprint density at radius 1 is 0.929 bits per heavy atom. The van der Waals surface area contributed by atoms with Crippen molar-refractivity contribution >= 4 is 11.9 Å². The number of hydrogen-bond donors (Lipinski definition) is 0. The van der Waals surface area contributed by atoms with Crippen molar-refractivity contribution in [3.05, 3.63) is 12.2 Å². The Kier molecular flexibility index (Phi) is 19.5. The molecule has 1 fully saturated rings. The maximum absolute atomic E-state index is 10.9. The molecule has 0 aromatic carbocycles. The van der Waals surface area contributed by atoms with Crippen molar-refractivity contribution in [2.75, 3.05) is 20.7 Å². The maximum Gasteiger partial charge on any atom is 0.305 e. The van der Waals surface area contributed by atoms with Gasteiger partial charge < -0.3 is 9.64 Å². The van der Waals surface area contributed by atoms with Crippen LogP contribution in [0.5, 0.6) is 0 Å². The number of unbranched alkanes of at least 4 members (excludes halogenated alkanes) is 11. The SMILES string of the molecule is CCCCCCCC/C=C\CCCCCCCC(=O)OC.CN1CCCC1=O. The summed E-state index contributed by atoms with van der Waals surface area (Å²) in [6.45, 7) is 3.22. The van der Waals surface area contributed by atoms with Gasteiger partial charge in [-0.3, -0.25) is 9.59 Å². The summed E-state index contributed by atoms with van der Waals surface area (Å²) in [5.74, 6) is 0.215. The second kappa shape index (κ2) is 20.4. The van der Waals surface area contributed by atoms with E-state index in [1.54, 1.807) is 4.90 Å². The van der Waals surface area contributed by atoms with E-state index in [2.05, 4.69) is 23.8 Å². The first-order chi connectivity index (χ1) is 13.6. The normalized spacial score (nSPS) is 13.7. The van der Waals surface area contributed by atoms with Crippen molar-refractivity contribution in [1.29, 1.82) is 0 Å². The standard InChI is InChI=1S/C19H36O2.C5H9NO/c1-3-4-5-6-7-8-9-10-11-12-13-14-15-16-17-18-19(20)21-2;1-6-4-2-3-5(6)7/h10-11H,3-9,12-18H2,1-2H3;2-4H2,1H3/b11-10-;. The molecule has 0 radical (unpaired) electrons. The van der Waals surface area contributed by atoms with Crippen LogP contribution in [0.4, 0.5) is 0 Å². The molecule has 0 spiro atoms. The predicted molar refractivity (Wildman–Crippen MR) is 118 cm³/mol. The summed E-state index contributed by atoms with van der Waals surface area (Å²) < 4.78 is 4.62. The fraction of sp³-hybridized carbons (Fsp3) is 0.833. The highest BCUT2D eigenvalue weighted by atomic mass is 16.5. The molecule has 0 atom stereocenters. The summed E-state index contributed by atoms with van der Waals surface area (Å²) in [6.07, 6.45) is 23.8. The van der Waals surface area contributed by atoms with E-state index in [-0.39, 0.29) is 5.97 Å². The van der Waals surface area contributed by atoms with E-state index in [1.807, 2.05) is 7.05 Å². The Balaban J connectivity index is 0.000000861. The van der Waals surface area contributed by atoms with Gasteiger partial charge in [-0.1, -0.05) is 70.4 Å². The zero-order valence-electron chi connectivity index (χ0n) is 18.8. The predicted octanol–water partition coefficient (Wildman–Crippen LogP) is 6.44. The van der Waals surface area contributed by atoms with Crippen LogP contribution in [0.3, 0.4) is 0 Å². The fourth-order valence-electron chi connectivity index (χ4n) is 3.23. The third-order valence-electron chi connectivity index (χ3n) is 5.18. The molecule has 1 aliphatic rings. The van der Waals surface area contributed by atoms with Crippen LogP contribution in [0.2, 0.25) is 0 Å². The van der Waals surface area contributed by atoms with Gasteiger partial charge in [-0.2, -0.15) is 0 Å². The van der Waals surface area contributed by atoms with E-state index in [1.165, 1.54) is 77.7 Å². The van der Waals surface area contributed by atoms with Gasteiger partial charge in [0.15, 0.2) is 0 Å². The molecule has 4 heteroatoms. The van der Waals surface area contributed by atoms with Crippen LogP contribution in [-0.4, -0.2) is 37.5 Å². The van der Waals surface area contributed by atoms with Gasteiger partial charge in [-0.25, -0.2) is 0 Å². The zero-order valence-corrected chi connectivity index (χ0v) is 18.8. The summed E-state index contributed by atoms with van der Waals surface area (Å²) in [4.78, 5) is 23.2. The molecule has 0 aromatic rings. The van der Waals surface area contributed by atoms with E-state index in [0.717, 1.165) is 32.2 Å². The molecule has 0 saturated carbocycles. The number of methoxy groups -OCH3 is 1. The lowest BCUT2D eigenvalue weighted by Crippen LogP contribution is -2.17. The molecular formula is C24H45NO3. The molecule has 0 aromatic heterocycles. The molecule has 1 saturated heterocycles. The molecule has 0 N–H and O–H groups in total. The van der Waals surface area contributed by atoms with Crippen LogP contribution in [0.15, 0.2) is 12.2 Å². The fourth-order valence-corrected chi connectivity index (χ4v) is 3.23. The zero-order chi connectivity index (χ0) is 20.9. The lowest BCUT2D eigenvalue weighted by Gasteiger charge is -2.03. The van der Waals surface area contributed by atoms with Crippen LogP contribution >= 0.6 is 0 Å². The minimum atomic E-state index is -0.0763. The van der Waals surface area contributed by atoms with Gasteiger partial charge in [-0.05, 0) is 38.5 Å². The molecular weight excluding hydrogens is 350 g/mol. The van der Waals surface area contributed by atoms with Crippen LogP contribution in [-0.2, 0) is 14.3 Å². The molecule has 1 amide bonds. The quantitative estimate of drug-likeness (QED) is 0.182. The van der Waals surface area contributed by atoms with Gasteiger partial charge in [0.1, 0.15) is 0 Å². The van der Waals surface area contributed by atoms with Gasteiger partial charge in [0.05, 0.1) is 7.11 Å². The second-order valence-corrected chi connectivity index (χ2v) is 7.83. The van der Waals surface area contributed by atoms with Gasteiger partial charge in [0.25, 0.3) is 0 Å². The number of rotatable bonds is 15. The first kappa shape index (κ1) is 26.7. The lowest BCUT2D eigenvalue weighted by atomic mass is 10.1. The van der Waals surface area contributed by atoms with Crippen molar-refractivity contribution in [2.24, 2.45) is 0 Å². The van der Waals surface area contributed by atoms with Crippen LogP contribution in [0, 0.1) is 0 Å². The van der Waals surface area contributed by atoms with Gasteiger partial charge in [0.2, 0.25) is 5.91 Å². The van der Waals surface area contributed by atoms with Crippen molar-refractivity contribution < 1.29 is 14.3 Å². The molecule has 0 bridgehead atoms. The summed E-state index contributed by atoms with van der Waals surface area (Å²) in [7, 11) is 3.30. The topological polar surface area (TPSA) is 46.6 Å². The third kappa shape index (κ3) is 18.1. The first-order valence-electron chi connectivity index (χ1n) is 11.6. The van der Waals surface area contributed by atoms with Gasteiger partial charge >= 0.3 is 5.97 Å². The van der Waals surface area contributed by atoms with E-state index in [0.29, 0.717) is 12.3 Å². The number of carbonyl (C=O) groups is 2. The molecule has 28 heavy (non-hydrogen) atoms. The van der Waals surface area contributed by atoms with Gasteiger partial charge in [-0.15, -0.1) is 0 Å². The molecule has 4 nitrogen and oxygen atoms in total. The first-order valence-corrected chi connectivity index (χ1v) is 11.6. The van der Waals surface area contributed by atoms with Crippen molar-refractivity contribution in [3.8, 4) is 0 Å². The van der Waals surface area contributed by atoms with E-state index < -0.39 is 0 Å². The molecule has 1 heterocycles. The van der Waals surface area contributed by atoms with Crippen molar-refractivity contribution in [3.63, 3.8) is 0 Å². The largest absolute Gasteiger partial charge is 0.469 e. The number of ether oxygens (including phenoxy) is 1. The second-order valence-electron chi connectivity index (χ2n) is 7.83. The van der Waals surface area contributed by atoms with E-state index in [4.69, 9.17) is 0 Å². The highest BCUT2D eigenvalue weighted by Gasteiger charge is 2.14. The van der Waals surface area contributed by atoms with Crippen LogP contribution < -0.4 is 0 Å². The summed E-state index contributed by atoms with van der Waals surface area (Å²) in [6, 6.07) is 0. The minimum absolute atomic E-state index is 0.0763. The smallest absolute Gasteiger partial charge is 0.305 e. The highest BCUT2D eigenvalue weighted by molar-refractivity contribution is 5.77. The number of hydrogen-bond acceptors (Lipinski definition) is 3. The molecule has 1 rings (SSSR count). The number of amides is 1. The third-order valence-corrected chi connectivity index (χ3v) is 5.18. The summed E-state index contributed by atoms with van der Waals surface area (Å²) in [5.41, 5.74) is 0.